The highest BCUT2D eigenvalue weighted by molar-refractivity contribution is 5.98. The molecule has 1 aromatic carbocycles. The van der Waals surface area contributed by atoms with Gasteiger partial charge < -0.3 is 9.53 Å². The standard InChI is InChI=1S/C12H13FO3/c1-8(5-6-14)12(15)9-3-4-11(16-2)10(13)7-9/h3-4,6-8H,5H2,1-2H3. The normalized spacial score (nSPS) is 11.9. The van der Waals surface area contributed by atoms with Gasteiger partial charge in [0.05, 0.1) is 7.11 Å². The number of hydrogen-bond acceptors (Lipinski definition) is 3. The first-order chi connectivity index (χ1) is 7.60. The van der Waals surface area contributed by atoms with Gasteiger partial charge >= 0.3 is 0 Å². The number of ether oxygens (including phenoxy) is 1. The molecule has 0 amide bonds. The highest BCUT2D eigenvalue weighted by atomic mass is 19.1. The van der Waals surface area contributed by atoms with Gasteiger partial charge in [0.2, 0.25) is 0 Å². The summed E-state index contributed by atoms with van der Waals surface area (Å²) in [6, 6.07) is 4.02. The first-order valence-corrected chi connectivity index (χ1v) is 4.91. The predicted molar refractivity (Wildman–Crippen MR) is 57.1 cm³/mol. The number of Topliss-reactive ketones (excluding diaryl/α,β-unsaturated/α-hetero) is 1. The molecule has 3 nitrogen and oxygen atoms in total. The number of rotatable bonds is 5. The molecule has 0 saturated heterocycles. The molecule has 1 atom stereocenters. The summed E-state index contributed by atoms with van der Waals surface area (Å²) in [6.45, 7) is 1.64. The molecule has 1 aromatic rings. The zero-order chi connectivity index (χ0) is 12.1. The lowest BCUT2D eigenvalue weighted by molar-refractivity contribution is -0.108. The highest BCUT2D eigenvalue weighted by Gasteiger charge is 2.16. The zero-order valence-electron chi connectivity index (χ0n) is 9.20. The second-order valence-corrected chi connectivity index (χ2v) is 3.52. The van der Waals surface area contributed by atoms with Crippen molar-refractivity contribution in [3.63, 3.8) is 0 Å². The van der Waals surface area contributed by atoms with E-state index in [1.54, 1.807) is 6.92 Å². The van der Waals surface area contributed by atoms with Gasteiger partial charge in [-0.15, -0.1) is 0 Å². The Bertz CT molecular complexity index is 401. The molecule has 1 rings (SSSR count). The Morgan fingerprint density at radius 2 is 2.25 bits per heavy atom. The van der Waals surface area contributed by atoms with Crippen LogP contribution in [0.1, 0.15) is 23.7 Å². The van der Waals surface area contributed by atoms with E-state index in [4.69, 9.17) is 4.74 Å². The van der Waals surface area contributed by atoms with Crippen molar-refractivity contribution in [1.29, 1.82) is 0 Å². The monoisotopic (exact) mass is 224 g/mol. The molecule has 0 radical (unpaired) electrons. The maximum atomic E-state index is 13.3. The van der Waals surface area contributed by atoms with Gasteiger partial charge in [-0.25, -0.2) is 4.39 Å². The number of aldehydes is 1. The maximum Gasteiger partial charge on any atom is 0.166 e. The maximum absolute atomic E-state index is 13.3. The molecule has 0 N–H and O–H groups in total. The SMILES string of the molecule is COc1ccc(C(=O)C(C)CC=O)cc1F. The number of methoxy groups -OCH3 is 1. The molecule has 0 aliphatic heterocycles. The van der Waals surface area contributed by atoms with Gasteiger partial charge in [-0.05, 0) is 18.2 Å². The molecule has 0 aliphatic carbocycles. The molecule has 0 heterocycles. The Morgan fingerprint density at radius 1 is 1.56 bits per heavy atom. The average Bonchev–Trinajstić information content (AvgIpc) is 2.28. The van der Waals surface area contributed by atoms with Gasteiger partial charge in [0, 0.05) is 17.9 Å². The van der Waals surface area contributed by atoms with Crippen LogP contribution >= 0.6 is 0 Å². The first-order valence-electron chi connectivity index (χ1n) is 4.91. The minimum Gasteiger partial charge on any atom is -0.494 e. The summed E-state index contributed by atoms with van der Waals surface area (Å²) in [5.41, 5.74) is 0.257. The quantitative estimate of drug-likeness (QED) is 0.569. The third-order valence-electron chi connectivity index (χ3n) is 2.33. The van der Waals surface area contributed by atoms with Crippen LogP contribution in [0.4, 0.5) is 4.39 Å². The minimum atomic E-state index is -0.577. The fourth-order valence-electron chi connectivity index (χ4n) is 1.36. The van der Waals surface area contributed by atoms with Gasteiger partial charge in [0.15, 0.2) is 17.3 Å². The van der Waals surface area contributed by atoms with Crippen LogP contribution in [0.15, 0.2) is 18.2 Å². The molecule has 4 heteroatoms. The summed E-state index contributed by atoms with van der Waals surface area (Å²) in [5, 5.41) is 0. The van der Waals surface area contributed by atoms with Crippen molar-refractivity contribution >= 4 is 12.1 Å². The molecule has 0 aliphatic rings. The molecule has 1 unspecified atom stereocenters. The molecule has 86 valence electrons. The Balaban J connectivity index is 2.92. The number of carbonyl (C=O) groups is 2. The summed E-state index contributed by atoms with van der Waals surface area (Å²) in [6.07, 6.45) is 0.828. The Kier molecular flexibility index (Phi) is 4.17. The lowest BCUT2D eigenvalue weighted by Crippen LogP contribution is -2.12. The second-order valence-electron chi connectivity index (χ2n) is 3.52. The van der Waals surface area contributed by atoms with E-state index < -0.39 is 11.7 Å². The molecule has 0 aromatic heterocycles. The van der Waals surface area contributed by atoms with Crippen LogP contribution in [0, 0.1) is 11.7 Å². The van der Waals surface area contributed by atoms with Crippen molar-refractivity contribution in [2.45, 2.75) is 13.3 Å². The van der Waals surface area contributed by atoms with E-state index in [9.17, 15) is 14.0 Å². The Hall–Kier alpha value is -1.71. The van der Waals surface area contributed by atoms with Crippen molar-refractivity contribution < 1.29 is 18.7 Å². The summed E-state index contributed by atoms with van der Waals surface area (Å²) in [4.78, 5) is 22.0. The number of halogens is 1. The van der Waals surface area contributed by atoms with Gasteiger partial charge in [-0.1, -0.05) is 6.92 Å². The molecule has 0 bridgehead atoms. The molecule has 0 fully saturated rings. The van der Waals surface area contributed by atoms with E-state index >= 15 is 0 Å². The molecular formula is C12H13FO3. The largest absolute Gasteiger partial charge is 0.494 e. The lowest BCUT2D eigenvalue weighted by Gasteiger charge is -2.08. The smallest absolute Gasteiger partial charge is 0.166 e. The van der Waals surface area contributed by atoms with E-state index in [1.807, 2.05) is 0 Å². The van der Waals surface area contributed by atoms with Crippen LogP contribution in [0.3, 0.4) is 0 Å². The number of hydrogen-bond donors (Lipinski definition) is 0. The summed E-state index contributed by atoms with van der Waals surface area (Å²) >= 11 is 0. The van der Waals surface area contributed by atoms with Gasteiger partial charge in [0.1, 0.15) is 6.29 Å². The van der Waals surface area contributed by atoms with Crippen LogP contribution in [0.25, 0.3) is 0 Å². The van der Waals surface area contributed by atoms with E-state index in [-0.39, 0.29) is 23.5 Å². The van der Waals surface area contributed by atoms with Gasteiger partial charge in [-0.3, -0.25) is 4.79 Å². The van der Waals surface area contributed by atoms with Crippen molar-refractivity contribution in [2.75, 3.05) is 7.11 Å². The summed E-state index contributed by atoms with van der Waals surface area (Å²) in [7, 11) is 1.36. The van der Waals surface area contributed by atoms with Crippen LogP contribution in [0.2, 0.25) is 0 Å². The van der Waals surface area contributed by atoms with Gasteiger partial charge in [-0.2, -0.15) is 0 Å². The number of benzene rings is 1. The van der Waals surface area contributed by atoms with E-state index in [1.165, 1.54) is 19.2 Å². The third kappa shape index (κ3) is 2.66. The van der Waals surface area contributed by atoms with E-state index in [0.717, 1.165) is 6.07 Å². The van der Waals surface area contributed by atoms with Gasteiger partial charge in [0.25, 0.3) is 0 Å². The fourth-order valence-corrected chi connectivity index (χ4v) is 1.36. The lowest BCUT2D eigenvalue weighted by atomic mass is 9.97. The van der Waals surface area contributed by atoms with Crippen LogP contribution in [-0.4, -0.2) is 19.2 Å². The fraction of sp³-hybridized carbons (Fsp3) is 0.333. The molecular weight excluding hydrogens is 211 g/mol. The highest BCUT2D eigenvalue weighted by Crippen LogP contribution is 2.20. The Labute approximate surface area is 93.2 Å². The average molecular weight is 224 g/mol. The van der Waals surface area contributed by atoms with Crippen molar-refractivity contribution in [3.8, 4) is 5.75 Å². The number of carbonyl (C=O) groups excluding carboxylic acids is 2. The third-order valence-corrected chi connectivity index (χ3v) is 2.33. The predicted octanol–water partition coefficient (Wildman–Crippen LogP) is 2.24. The van der Waals surface area contributed by atoms with Crippen LogP contribution in [0.5, 0.6) is 5.75 Å². The second kappa shape index (κ2) is 5.39. The topological polar surface area (TPSA) is 43.4 Å². The molecule has 0 saturated carbocycles. The van der Waals surface area contributed by atoms with Crippen LogP contribution in [-0.2, 0) is 4.79 Å². The number of ketones is 1. The first kappa shape index (κ1) is 12.4. The van der Waals surface area contributed by atoms with E-state index in [0.29, 0.717) is 6.29 Å². The summed E-state index contributed by atoms with van der Waals surface area (Å²) < 4.78 is 18.1. The molecule has 0 spiro atoms. The van der Waals surface area contributed by atoms with Crippen LogP contribution < -0.4 is 4.74 Å². The Morgan fingerprint density at radius 3 is 2.75 bits per heavy atom. The summed E-state index contributed by atoms with van der Waals surface area (Å²) in [5.74, 6) is -1.15. The molecule has 16 heavy (non-hydrogen) atoms. The van der Waals surface area contributed by atoms with Crippen molar-refractivity contribution in [1.82, 2.24) is 0 Å². The minimum absolute atomic E-state index is 0.0968. The van der Waals surface area contributed by atoms with Crippen molar-refractivity contribution in [3.05, 3.63) is 29.6 Å². The van der Waals surface area contributed by atoms with Crippen molar-refractivity contribution in [2.24, 2.45) is 5.92 Å². The van der Waals surface area contributed by atoms with E-state index in [2.05, 4.69) is 0 Å². The zero-order valence-corrected chi connectivity index (χ0v) is 9.20.